The summed E-state index contributed by atoms with van der Waals surface area (Å²) >= 11 is 0. The number of hydrogen-bond acceptors (Lipinski definition) is 6. The van der Waals surface area contributed by atoms with Crippen LogP contribution in [0.3, 0.4) is 0 Å². The molecule has 0 amide bonds. The lowest BCUT2D eigenvalue weighted by Gasteiger charge is -2.33. The van der Waals surface area contributed by atoms with Crippen LogP contribution in [0.2, 0.25) is 0 Å². The van der Waals surface area contributed by atoms with Crippen LogP contribution in [0.15, 0.2) is 0 Å². The lowest BCUT2D eigenvalue weighted by atomic mass is 10.00. The van der Waals surface area contributed by atoms with Gasteiger partial charge in [-0.1, -0.05) is 27.7 Å². The topological polar surface area (TPSA) is 19.4 Å². The van der Waals surface area contributed by atoms with E-state index in [2.05, 4.69) is 99.4 Å². The van der Waals surface area contributed by atoms with Crippen molar-refractivity contribution in [1.29, 1.82) is 0 Å². The summed E-state index contributed by atoms with van der Waals surface area (Å²) in [5.41, 5.74) is 0. The molecule has 0 spiro atoms. The number of likely N-dealkylation sites (N-methyl/N-ethyl adjacent to an activating group) is 2. The molecule has 0 radical (unpaired) electrons. The monoisotopic (exact) mass is 525 g/mol. The minimum Gasteiger partial charge on any atom is -0.306 e. The zero-order valence-electron chi connectivity index (χ0n) is 27.0. The lowest BCUT2D eigenvalue weighted by Crippen LogP contribution is -2.42. The standard InChI is InChI=1S/2C7H15N.C6H14N2.C6H13N.C5H11N/c1-7-3-5-8(2)6-4-7;1-7-4-3-5-8(2)6-7;1-7-3-5-8(2)6-4-7;1-6-3-4-7(2)5-6;1-5-3-6(2)4-5/h2*7H,3-6H2,1-2H3;3-6H2,1-2H3;6H,3-5H2,1-2H3;5H,3-4H2,1-2H3/t;7-;;6-;/m.0.0./s1. The smallest absolute Gasteiger partial charge is 0.0107 e. The van der Waals surface area contributed by atoms with Crippen molar-refractivity contribution in [3.05, 3.63) is 0 Å². The van der Waals surface area contributed by atoms with E-state index in [-0.39, 0.29) is 0 Å². The van der Waals surface area contributed by atoms with Crippen LogP contribution in [0, 0.1) is 23.7 Å². The Balaban J connectivity index is 0.000000232. The molecule has 222 valence electrons. The predicted molar refractivity (Wildman–Crippen MR) is 165 cm³/mol. The Morgan fingerprint density at radius 2 is 0.676 bits per heavy atom. The Labute approximate surface area is 233 Å². The lowest BCUT2D eigenvalue weighted by molar-refractivity contribution is 0.149. The van der Waals surface area contributed by atoms with E-state index in [1.807, 2.05) is 0 Å². The Bertz CT molecular complexity index is 462. The highest BCUT2D eigenvalue weighted by Gasteiger charge is 2.16. The second-order valence-corrected chi connectivity index (χ2v) is 13.6. The van der Waals surface area contributed by atoms with Crippen LogP contribution < -0.4 is 0 Å². The molecule has 5 aliphatic heterocycles. The van der Waals surface area contributed by atoms with Gasteiger partial charge in [0.05, 0.1) is 0 Å². The molecule has 0 bridgehead atoms. The van der Waals surface area contributed by atoms with E-state index in [1.54, 1.807) is 0 Å². The molecule has 5 saturated heterocycles. The third kappa shape index (κ3) is 18.6. The van der Waals surface area contributed by atoms with Crippen molar-refractivity contribution in [1.82, 2.24) is 29.4 Å². The maximum absolute atomic E-state index is 2.41. The highest BCUT2D eigenvalue weighted by Crippen LogP contribution is 2.14. The fourth-order valence-corrected chi connectivity index (χ4v) is 5.63. The summed E-state index contributed by atoms with van der Waals surface area (Å²) in [5, 5.41) is 0. The molecule has 6 nitrogen and oxygen atoms in total. The molecule has 5 rings (SSSR count). The van der Waals surface area contributed by atoms with Gasteiger partial charge in [0.2, 0.25) is 0 Å². The van der Waals surface area contributed by atoms with Gasteiger partial charge in [0.25, 0.3) is 0 Å². The van der Waals surface area contributed by atoms with Gasteiger partial charge in [-0.25, -0.2) is 0 Å². The van der Waals surface area contributed by atoms with E-state index in [0.717, 1.165) is 23.7 Å². The van der Waals surface area contributed by atoms with E-state index in [9.17, 15) is 0 Å². The molecule has 0 N–H and O–H groups in total. The fraction of sp³-hybridized carbons (Fsp3) is 1.00. The minimum atomic E-state index is 0.939. The molecule has 5 aliphatic rings. The highest BCUT2D eigenvalue weighted by atomic mass is 15.2. The molecule has 0 aromatic carbocycles. The van der Waals surface area contributed by atoms with Crippen molar-refractivity contribution < 1.29 is 0 Å². The number of piperazine rings is 1. The Morgan fingerprint density at radius 3 is 0.919 bits per heavy atom. The summed E-state index contributed by atoms with van der Waals surface area (Å²) in [7, 11) is 13.1. The second-order valence-electron chi connectivity index (χ2n) is 13.6. The third-order valence-corrected chi connectivity index (χ3v) is 8.47. The first-order valence-corrected chi connectivity index (χ1v) is 15.6. The Hall–Kier alpha value is -0.240. The first-order valence-electron chi connectivity index (χ1n) is 15.6. The molecule has 0 unspecified atom stereocenters. The van der Waals surface area contributed by atoms with Crippen molar-refractivity contribution in [3.8, 4) is 0 Å². The van der Waals surface area contributed by atoms with Crippen LogP contribution in [0.4, 0.5) is 0 Å². The SMILES string of the molecule is CC1CCN(C)CC1.CC1CN(C)C1.CN1CCN(C)CC1.C[C@H]1CCCN(C)C1.C[C@H]1CCN(C)C1. The number of rotatable bonds is 0. The zero-order valence-corrected chi connectivity index (χ0v) is 27.0. The van der Waals surface area contributed by atoms with Gasteiger partial charge >= 0.3 is 0 Å². The normalized spacial score (nSPS) is 29.4. The van der Waals surface area contributed by atoms with Crippen LogP contribution >= 0.6 is 0 Å². The summed E-state index contributed by atoms with van der Waals surface area (Å²) in [6.07, 6.45) is 7.03. The zero-order chi connectivity index (χ0) is 27.8. The van der Waals surface area contributed by atoms with Gasteiger partial charge in [0, 0.05) is 52.4 Å². The number of piperidine rings is 2. The first kappa shape index (κ1) is 34.8. The molecule has 6 heteroatoms. The molecular formula is C31H68N6. The van der Waals surface area contributed by atoms with Gasteiger partial charge in [-0.05, 0) is 124 Å². The van der Waals surface area contributed by atoms with Crippen molar-refractivity contribution in [2.75, 3.05) is 121 Å². The summed E-state index contributed by atoms with van der Waals surface area (Å²) in [6, 6.07) is 0. The highest BCUT2D eigenvalue weighted by molar-refractivity contribution is 4.71. The van der Waals surface area contributed by atoms with Crippen LogP contribution in [0.5, 0.6) is 0 Å². The number of likely N-dealkylation sites (tertiary alicyclic amines) is 4. The molecule has 5 heterocycles. The molecule has 0 aromatic rings. The summed E-state index contributed by atoms with van der Waals surface area (Å²) in [5.74, 6) is 3.83. The Morgan fingerprint density at radius 1 is 0.324 bits per heavy atom. The Kier molecular flexibility index (Phi) is 18.6. The molecule has 2 atom stereocenters. The van der Waals surface area contributed by atoms with Crippen LogP contribution in [0.25, 0.3) is 0 Å². The van der Waals surface area contributed by atoms with Gasteiger partial charge in [0.15, 0.2) is 0 Å². The number of nitrogens with zero attached hydrogens (tertiary/aromatic N) is 6. The van der Waals surface area contributed by atoms with Crippen LogP contribution in [0.1, 0.15) is 59.8 Å². The van der Waals surface area contributed by atoms with E-state index in [4.69, 9.17) is 0 Å². The first-order chi connectivity index (χ1) is 17.4. The number of hydrogen-bond donors (Lipinski definition) is 0. The maximum atomic E-state index is 2.41. The van der Waals surface area contributed by atoms with E-state index < -0.39 is 0 Å². The average molecular weight is 525 g/mol. The van der Waals surface area contributed by atoms with Crippen molar-refractivity contribution in [2.45, 2.75) is 59.8 Å². The van der Waals surface area contributed by atoms with Gasteiger partial charge in [-0.3, -0.25) is 0 Å². The van der Waals surface area contributed by atoms with E-state index >= 15 is 0 Å². The van der Waals surface area contributed by atoms with Crippen LogP contribution in [-0.4, -0.2) is 150 Å². The maximum Gasteiger partial charge on any atom is 0.0107 e. The van der Waals surface area contributed by atoms with E-state index in [1.165, 1.54) is 111 Å². The summed E-state index contributed by atoms with van der Waals surface area (Å²) < 4.78 is 0. The van der Waals surface area contributed by atoms with Gasteiger partial charge in [-0.2, -0.15) is 0 Å². The molecule has 0 aliphatic carbocycles. The van der Waals surface area contributed by atoms with Crippen molar-refractivity contribution in [3.63, 3.8) is 0 Å². The molecule has 0 saturated carbocycles. The summed E-state index contributed by atoms with van der Waals surface area (Å²) in [4.78, 5) is 14.2. The van der Waals surface area contributed by atoms with Crippen molar-refractivity contribution in [2.24, 2.45) is 23.7 Å². The fourth-order valence-electron chi connectivity index (χ4n) is 5.63. The molecule has 5 fully saturated rings. The van der Waals surface area contributed by atoms with Gasteiger partial charge in [0.1, 0.15) is 0 Å². The average Bonchev–Trinajstić information content (AvgIpc) is 3.21. The third-order valence-electron chi connectivity index (χ3n) is 8.47. The predicted octanol–water partition coefficient (Wildman–Crippen LogP) is 4.09. The van der Waals surface area contributed by atoms with E-state index in [0.29, 0.717) is 0 Å². The molecule has 0 aromatic heterocycles. The molecular weight excluding hydrogens is 456 g/mol. The molecule has 37 heavy (non-hydrogen) atoms. The van der Waals surface area contributed by atoms with Crippen LogP contribution in [-0.2, 0) is 0 Å². The van der Waals surface area contributed by atoms with Gasteiger partial charge < -0.3 is 29.4 Å². The largest absolute Gasteiger partial charge is 0.306 e. The van der Waals surface area contributed by atoms with Gasteiger partial charge in [-0.15, -0.1) is 0 Å². The summed E-state index contributed by atoms with van der Waals surface area (Å²) in [6.45, 7) is 24.6. The van der Waals surface area contributed by atoms with Crippen molar-refractivity contribution >= 4 is 0 Å². The quantitative estimate of drug-likeness (QED) is 0.472. The minimum absolute atomic E-state index is 0.939. The second kappa shape index (κ2) is 19.8.